The summed E-state index contributed by atoms with van der Waals surface area (Å²) in [5.74, 6) is 0. The van der Waals surface area contributed by atoms with Crippen molar-refractivity contribution in [2.75, 3.05) is 13.2 Å². The van der Waals surface area contributed by atoms with Crippen LogP contribution in [0.3, 0.4) is 0 Å². The summed E-state index contributed by atoms with van der Waals surface area (Å²) >= 11 is 0. The molecule has 0 rings (SSSR count). The Labute approximate surface area is 83.9 Å². The van der Waals surface area contributed by atoms with Crippen LogP contribution >= 0.6 is 0 Å². The van der Waals surface area contributed by atoms with E-state index in [4.69, 9.17) is 10.2 Å². The molecule has 0 saturated heterocycles. The van der Waals surface area contributed by atoms with Crippen molar-refractivity contribution >= 4 is 0 Å². The van der Waals surface area contributed by atoms with E-state index in [-0.39, 0.29) is 21.7 Å². The Morgan fingerprint density at radius 3 is 1.09 bits per heavy atom. The maximum atomic E-state index is 8.43. The van der Waals surface area contributed by atoms with Crippen LogP contribution < -0.4 is 0 Å². The number of unbranched alkanes of at least 4 members (excludes halogenated alkanes) is 5. The van der Waals surface area contributed by atoms with Gasteiger partial charge in [0.2, 0.25) is 0 Å². The molecule has 0 radical (unpaired) electrons. The molecule has 0 aromatic heterocycles. The molecule has 0 saturated carbocycles. The predicted octanol–water partition coefficient (Wildman–Crippen LogP) is 1.31. The van der Waals surface area contributed by atoms with E-state index in [0.29, 0.717) is 13.2 Å². The van der Waals surface area contributed by atoms with Crippen LogP contribution in [0.2, 0.25) is 0 Å². The van der Waals surface area contributed by atoms with Crippen LogP contribution in [0.4, 0.5) is 0 Å². The molecule has 0 aromatic rings. The van der Waals surface area contributed by atoms with Gasteiger partial charge in [-0.05, 0) is 12.8 Å². The van der Waals surface area contributed by atoms with Crippen LogP contribution in [0.15, 0.2) is 0 Å². The second-order valence-electron chi connectivity index (χ2n) is 2.57. The number of aliphatic hydroxyl groups is 2. The molecule has 0 aliphatic rings. The summed E-state index contributed by atoms with van der Waals surface area (Å²) in [6.07, 6.45) is 6.50. The van der Waals surface area contributed by atoms with Crippen molar-refractivity contribution in [3.63, 3.8) is 0 Å². The van der Waals surface area contributed by atoms with Gasteiger partial charge in [0.1, 0.15) is 0 Å². The number of hydrogen-bond donors (Lipinski definition) is 2. The Morgan fingerprint density at radius 2 is 0.818 bits per heavy atom. The summed E-state index contributed by atoms with van der Waals surface area (Å²) in [5.41, 5.74) is 0. The quantitative estimate of drug-likeness (QED) is 0.473. The van der Waals surface area contributed by atoms with Crippen molar-refractivity contribution in [2.45, 2.75) is 38.5 Å². The Bertz CT molecular complexity index is 52.1. The van der Waals surface area contributed by atoms with Gasteiger partial charge in [0, 0.05) is 34.9 Å². The minimum absolute atomic E-state index is 0. The summed E-state index contributed by atoms with van der Waals surface area (Å²) in [6.45, 7) is 0.639. The Balaban J connectivity index is 0. The molecule has 0 aliphatic carbocycles. The Kier molecular flexibility index (Phi) is 17.1. The molecule has 0 atom stereocenters. The van der Waals surface area contributed by atoms with Gasteiger partial charge >= 0.3 is 0 Å². The normalized spacial score (nSPS) is 9.27. The van der Waals surface area contributed by atoms with E-state index in [0.717, 1.165) is 25.7 Å². The summed E-state index contributed by atoms with van der Waals surface area (Å²) in [5, 5.41) is 16.9. The van der Waals surface area contributed by atoms with Crippen molar-refractivity contribution in [1.29, 1.82) is 0 Å². The standard InChI is InChI=1S/C8H18O2.Ti/c9-7-5-3-1-2-4-6-8-10;/h9-10H,1-8H2;. The fourth-order valence-corrected chi connectivity index (χ4v) is 0.931. The molecular weight excluding hydrogens is 176 g/mol. The monoisotopic (exact) mass is 194 g/mol. The smallest absolute Gasteiger partial charge is 0.0431 e. The molecule has 0 bridgehead atoms. The van der Waals surface area contributed by atoms with Gasteiger partial charge in [0.25, 0.3) is 0 Å². The number of hydrogen-bond acceptors (Lipinski definition) is 2. The fraction of sp³-hybridized carbons (Fsp3) is 1.00. The predicted molar refractivity (Wildman–Crippen MR) is 41.9 cm³/mol. The van der Waals surface area contributed by atoms with Gasteiger partial charge in [-0.3, -0.25) is 0 Å². The van der Waals surface area contributed by atoms with E-state index in [1.165, 1.54) is 12.8 Å². The fourth-order valence-electron chi connectivity index (χ4n) is 0.931. The molecule has 2 nitrogen and oxygen atoms in total. The van der Waals surface area contributed by atoms with Crippen LogP contribution in [0, 0.1) is 0 Å². The van der Waals surface area contributed by atoms with Crippen molar-refractivity contribution in [3.8, 4) is 0 Å². The average molecular weight is 194 g/mol. The molecule has 0 fully saturated rings. The molecule has 0 spiro atoms. The first-order chi connectivity index (χ1) is 4.91. The summed E-state index contributed by atoms with van der Waals surface area (Å²) in [4.78, 5) is 0. The van der Waals surface area contributed by atoms with Crippen molar-refractivity contribution in [2.24, 2.45) is 0 Å². The molecule has 0 amide bonds. The summed E-state index contributed by atoms with van der Waals surface area (Å²) in [6, 6.07) is 0. The average Bonchev–Trinajstić information content (AvgIpc) is 1.97. The third-order valence-electron chi connectivity index (χ3n) is 1.57. The van der Waals surface area contributed by atoms with Gasteiger partial charge < -0.3 is 10.2 Å². The van der Waals surface area contributed by atoms with E-state index in [1.807, 2.05) is 0 Å². The SMILES string of the molecule is OCCCCCCCCO.[Ti]. The summed E-state index contributed by atoms with van der Waals surface area (Å²) < 4.78 is 0. The second-order valence-corrected chi connectivity index (χ2v) is 2.57. The van der Waals surface area contributed by atoms with Crippen molar-refractivity contribution in [1.82, 2.24) is 0 Å². The molecule has 0 aliphatic heterocycles. The minimum Gasteiger partial charge on any atom is -0.396 e. The van der Waals surface area contributed by atoms with Crippen LogP contribution in [0.25, 0.3) is 0 Å². The number of aliphatic hydroxyl groups excluding tert-OH is 2. The van der Waals surface area contributed by atoms with Gasteiger partial charge in [0.05, 0.1) is 0 Å². The third-order valence-corrected chi connectivity index (χ3v) is 1.57. The maximum absolute atomic E-state index is 8.43. The first-order valence-electron chi connectivity index (χ1n) is 4.13. The minimum atomic E-state index is 0. The Hall–Kier alpha value is 0.634. The zero-order valence-electron chi connectivity index (χ0n) is 7.05. The van der Waals surface area contributed by atoms with Crippen molar-refractivity contribution < 1.29 is 31.9 Å². The van der Waals surface area contributed by atoms with Gasteiger partial charge in [-0.1, -0.05) is 25.7 Å². The molecule has 0 unspecified atom stereocenters. The molecular formula is C8H18O2Ti. The van der Waals surface area contributed by atoms with Gasteiger partial charge in [-0.15, -0.1) is 0 Å². The third kappa shape index (κ3) is 13.6. The molecule has 0 heterocycles. The van der Waals surface area contributed by atoms with Crippen LogP contribution in [-0.2, 0) is 21.7 Å². The van der Waals surface area contributed by atoms with Gasteiger partial charge in [-0.25, -0.2) is 0 Å². The van der Waals surface area contributed by atoms with E-state index in [2.05, 4.69) is 0 Å². The summed E-state index contributed by atoms with van der Waals surface area (Å²) in [7, 11) is 0. The zero-order valence-corrected chi connectivity index (χ0v) is 8.61. The van der Waals surface area contributed by atoms with Crippen LogP contribution in [0.1, 0.15) is 38.5 Å². The first kappa shape index (κ1) is 14.2. The molecule has 0 aromatic carbocycles. The molecule has 11 heavy (non-hydrogen) atoms. The Morgan fingerprint density at radius 1 is 0.545 bits per heavy atom. The van der Waals surface area contributed by atoms with E-state index in [1.54, 1.807) is 0 Å². The topological polar surface area (TPSA) is 40.5 Å². The zero-order chi connectivity index (χ0) is 7.66. The van der Waals surface area contributed by atoms with Crippen molar-refractivity contribution in [3.05, 3.63) is 0 Å². The molecule has 2 N–H and O–H groups in total. The maximum Gasteiger partial charge on any atom is 0.0431 e. The van der Waals surface area contributed by atoms with Crippen LogP contribution in [-0.4, -0.2) is 23.4 Å². The second kappa shape index (κ2) is 13.2. The molecule has 66 valence electrons. The van der Waals surface area contributed by atoms with E-state index in [9.17, 15) is 0 Å². The van der Waals surface area contributed by atoms with Crippen LogP contribution in [0.5, 0.6) is 0 Å². The van der Waals surface area contributed by atoms with E-state index >= 15 is 0 Å². The largest absolute Gasteiger partial charge is 0.396 e. The first-order valence-corrected chi connectivity index (χ1v) is 4.13. The van der Waals surface area contributed by atoms with Gasteiger partial charge in [-0.2, -0.15) is 0 Å². The van der Waals surface area contributed by atoms with Gasteiger partial charge in [0.15, 0.2) is 0 Å². The number of rotatable bonds is 7. The van der Waals surface area contributed by atoms with E-state index < -0.39 is 0 Å². The molecule has 3 heteroatoms.